The van der Waals surface area contributed by atoms with E-state index in [9.17, 15) is 5.11 Å². The summed E-state index contributed by atoms with van der Waals surface area (Å²) in [6.07, 6.45) is 3.29. The predicted octanol–water partition coefficient (Wildman–Crippen LogP) is 1.82. The van der Waals surface area contributed by atoms with E-state index < -0.39 is 0 Å². The second-order valence-corrected chi connectivity index (χ2v) is 4.21. The molecule has 1 aliphatic carbocycles. The summed E-state index contributed by atoms with van der Waals surface area (Å²) in [5.41, 5.74) is 3.95. The van der Waals surface area contributed by atoms with Crippen molar-refractivity contribution in [2.45, 2.75) is 32.3 Å². The lowest BCUT2D eigenvalue weighted by atomic mass is 10.0. The average Bonchev–Trinajstić information content (AvgIpc) is 2.72. The van der Waals surface area contributed by atoms with E-state index in [1.807, 2.05) is 0 Å². The largest absolute Gasteiger partial charge is 0.387 e. The fourth-order valence-electron chi connectivity index (χ4n) is 2.20. The van der Waals surface area contributed by atoms with E-state index in [0.29, 0.717) is 6.54 Å². The van der Waals surface area contributed by atoms with E-state index in [1.54, 1.807) is 0 Å². The van der Waals surface area contributed by atoms with Crippen molar-refractivity contribution in [1.29, 1.82) is 0 Å². The summed E-state index contributed by atoms with van der Waals surface area (Å²) in [7, 11) is 0. The zero-order valence-corrected chi connectivity index (χ0v) is 9.29. The Morgan fingerprint density at radius 1 is 1.33 bits per heavy atom. The highest BCUT2D eigenvalue weighted by Gasteiger charge is 2.13. The fourth-order valence-corrected chi connectivity index (χ4v) is 2.20. The Bertz CT molecular complexity index is 335. The quantitative estimate of drug-likeness (QED) is 0.786. The second-order valence-electron chi connectivity index (χ2n) is 4.21. The third-order valence-corrected chi connectivity index (χ3v) is 3.10. The zero-order chi connectivity index (χ0) is 10.7. The Labute approximate surface area is 91.3 Å². The summed E-state index contributed by atoms with van der Waals surface area (Å²) < 4.78 is 0. The van der Waals surface area contributed by atoms with Crippen LogP contribution in [0.1, 0.15) is 36.1 Å². The Morgan fingerprint density at radius 3 is 2.93 bits per heavy atom. The van der Waals surface area contributed by atoms with Gasteiger partial charge in [-0.2, -0.15) is 0 Å². The topological polar surface area (TPSA) is 32.3 Å². The van der Waals surface area contributed by atoms with Crippen molar-refractivity contribution >= 4 is 0 Å². The molecule has 0 bridgehead atoms. The fraction of sp³-hybridized carbons (Fsp3) is 0.538. The molecule has 1 aliphatic rings. The van der Waals surface area contributed by atoms with E-state index in [2.05, 4.69) is 30.4 Å². The number of hydrogen-bond acceptors (Lipinski definition) is 2. The minimum atomic E-state index is -0.365. The average molecular weight is 205 g/mol. The highest BCUT2D eigenvalue weighted by atomic mass is 16.3. The Hall–Kier alpha value is -0.860. The lowest BCUT2D eigenvalue weighted by molar-refractivity contribution is 0.175. The van der Waals surface area contributed by atoms with Crippen LogP contribution in [0.25, 0.3) is 0 Å². The van der Waals surface area contributed by atoms with Crippen molar-refractivity contribution in [2.75, 3.05) is 13.1 Å². The van der Waals surface area contributed by atoms with Gasteiger partial charge in [0.15, 0.2) is 0 Å². The number of rotatable bonds is 4. The molecular weight excluding hydrogens is 186 g/mol. The van der Waals surface area contributed by atoms with Gasteiger partial charge >= 0.3 is 0 Å². The van der Waals surface area contributed by atoms with Crippen molar-refractivity contribution in [2.24, 2.45) is 0 Å². The molecule has 15 heavy (non-hydrogen) atoms. The molecule has 0 saturated heterocycles. The monoisotopic (exact) mass is 205 g/mol. The molecule has 0 heterocycles. The summed E-state index contributed by atoms with van der Waals surface area (Å²) in [4.78, 5) is 0. The molecule has 1 unspecified atom stereocenters. The standard InChI is InChI=1S/C13H19NO/c1-2-14-9-13(15)12-7-6-10-4-3-5-11(10)8-12/h6-8,13-15H,2-5,9H2,1H3. The maximum absolute atomic E-state index is 9.92. The van der Waals surface area contributed by atoms with Gasteiger partial charge in [0.1, 0.15) is 0 Å². The SMILES string of the molecule is CCNCC(O)c1ccc2c(c1)CCC2. The molecule has 2 N–H and O–H groups in total. The van der Waals surface area contributed by atoms with Gasteiger partial charge in [-0.15, -0.1) is 0 Å². The third kappa shape index (κ3) is 2.39. The molecule has 82 valence electrons. The van der Waals surface area contributed by atoms with Crippen molar-refractivity contribution in [3.63, 3.8) is 0 Å². The first-order valence-corrected chi connectivity index (χ1v) is 5.81. The van der Waals surface area contributed by atoms with E-state index in [4.69, 9.17) is 0 Å². The molecule has 0 fully saturated rings. The van der Waals surface area contributed by atoms with Gasteiger partial charge < -0.3 is 10.4 Å². The van der Waals surface area contributed by atoms with Crippen molar-refractivity contribution in [1.82, 2.24) is 5.32 Å². The number of nitrogens with one attached hydrogen (secondary N) is 1. The zero-order valence-electron chi connectivity index (χ0n) is 9.29. The van der Waals surface area contributed by atoms with Crippen LogP contribution in [0.15, 0.2) is 18.2 Å². The molecule has 2 nitrogen and oxygen atoms in total. The van der Waals surface area contributed by atoms with Gasteiger partial charge in [-0.3, -0.25) is 0 Å². The van der Waals surface area contributed by atoms with Crippen molar-refractivity contribution in [3.05, 3.63) is 34.9 Å². The number of hydrogen-bond donors (Lipinski definition) is 2. The first kappa shape index (κ1) is 10.7. The van der Waals surface area contributed by atoms with Crippen LogP contribution in [0.4, 0.5) is 0 Å². The van der Waals surface area contributed by atoms with Gasteiger partial charge in [0.25, 0.3) is 0 Å². The minimum Gasteiger partial charge on any atom is -0.387 e. The van der Waals surface area contributed by atoms with E-state index >= 15 is 0 Å². The lowest BCUT2D eigenvalue weighted by Gasteiger charge is -2.12. The third-order valence-electron chi connectivity index (χ3n) is 3.10. The lowest BCUT2D eigenvalue weighted by Crippen LogP contribution is -2.20. The normalized spacial score (nSPS) is 16.4. The highest BCUT2D eigenvalue weighted by Crippen LogP contribution is 2.25. The van der Waals surface area contributed by atoms with Gasteiger partial charge in [0.05, 0.1) is 6.10 Å². The number of benzene rings is 1. The van der Waals surface area contributed by atoms with Gasteiger partial charge in [0, 0.05) is 6.54 Å². The summed E-state index contributed by atoms with van der Waals surface area (Å²) in [5, 5.41) is 13.1. The van der Waals surface area contributed by atoms with Crippen LogP contribution in [0, 0.1) is 0 Å². The van der Waals surface area contributed by atoms with Crippen LogP contribution in [-0.4, -0.2) is 18.2 Å². The van der Waals surface area contributed by atoms with Crippen LogP contribution >= 0.6 is 0 Å². The van der Waals surface area contributed by atoms with Crippen LogP contribution in [0.2, 0.25) is 0 Å². The minimum absolute atomic E-state index is 0.365. The number of fused-ring (bicyclic) bond motifs is 1. The molecule has 0 amide bonds. The number of aryl methyl sites for hydroxylation is 2. The maximum Gasteiger partial charge on any atom is 0.0914 e. The van der Waals surface area contributed by atoms with E-state index in [1.165, 1.54) is 30.4 Å². The summed E-state index contributed by atoms with van der Waals surface area (Å²) in [5.74, 6) is 0. The van der Waals surface area contributed by atoms with Crippen LogP contribution < -0.4 is 5.32 Å². The summed E-state index contributed by atoms with van der Waals surface area (Å²) in [6.45, 7) is 3.60. The maximum atomic E-state index is 9.92. The highest BCUT2D eigenvalue weighted by molar-refractivity contribution is 5.36. The smallest absolute Gasteiger partial charge is 0.0914 e. The Kier molecular flexibility index (Phi) is 3.39. The van der Waals surface area contributed by atoms with E-state index in [-0.39, 0.29) is 6.10 Å². The summed E-state index contributed by atoms with van der Waals surface area (Å²) >= 11 is 0. The first-order valence-electron chi connectivity index (χ1n) is 5.81. The molecule has 0 aliphatic heterocycles. The van der Waals surface area contributed by atoms with Gasteiger partial charge in [0.2, 0.25) is 0 Å². The van der Waals surface area contributed by atoms with E-state index in [0.717, 1.165) is 12.1 Å². The molecule has 1 atom stereocenters. The van der Waals surface area contributed by atoms with Crippen LogP contribution in [0.3, 0.4) is 0 Å². The number of likely N-dealkylation sites (N-methyl/N-ethyl adjacent to an activating group) is 1. The molecule has 2 heteroatoms. The number of aliphatic hydroxyl groups excluding tert-OH is 1. The summed E-state index contributed by atoms with van der Waals surface area (Å²) in [6, 6.07) is 6.41. The van der Waals surface area contributed by atoms with Gasteiger partial charge in [-0.25, -0.2) is 0 Å². The molecule has 0 spiro atoms. The molecule has 0 radical (unpaired) electrons. The van der Waals surface area contributed by atoms with Crippen molar-refractivity contribution < 1.29 is 5.11 Å². The molecule has 0 saturated carbocycles. The molecule has 2 rings (SSSR count). The van der Waals surface area contributed by atoms with Gasteiger partial charge in [-0.1, -0.05) is 25.1 Å². The molecular formula is C13H19NO. The number of aliphatic hydroxyl groups is 1. The van der Waals surface area contributed by atoms with Gasteiger partial charge in [-0.05, 0) is 42.5 Å². The Balaban J connectivity index is 2.08. The van der Waals surface area contributed by atoms with Crippen LogP contribution in [-0.2, 0) is 12.8 Å². The molecule has 0 aromatic heterocycles. The Morgan fingerprint density at radius 2 is 2.13 bits per heavy atom. The molecule has 1 aromatic rings. The van der Waals surface area contributed by atoms with Crippen molar-refractivity contribution in [3.8, 4) is 0 Å². The molecule has 1 aromatic carbocycles. The van der Waals surface area contributed by atoms with Crippen LogP contribution in [0.5, 0.6) is 0 Å². The predicted molar refractivity (Wildman–Crippen MR) is 62.0 cm³/mol. The second kappa shape index (κ2) is 4.77. The first-order chi connectivity index (χ1) is 7.31.